The van der Waals surface area contributed by atoms with E-state index >= 15 is 13.2 Å². The van der Waals surface area contributed by atoms with Crippen LogP contribution in [-0.4, -0.2) is 83.3 Å². The van der Waals surface area contributed by atoms with Gasteiger partial charge in [-0.05, 0) is 117 Å². The Bertz CT molecular complexity index is 3850. The summed E-state index contributed by atoms with van der Waals surface area (Å²) in [4.78, 5) is 49.4. The van der Waals surface area contributed by atoms with Crippen molar-refractivity contribution in [1.29, 1.82) is 0 Å². The van der Waals surface area contributed by atoms with E-state index in [2.05, 4.69) is 40.5 Å². The second-order valence-corrected chi connectivity index (χ2v) is 22.8. The number of sulfonamides is 2. The zero-order valence-corrected chi connectivity index (χ0v) is 44.2. The van der Waals surface area contributed by atoms with Gasteiger partial charge < -0.3 is 25.3 Å². The lowest BCUT2D eigenvalue weighted by molar-refractivity contribution is -0.138. The fourth-order valence-corrected chi connectivity index (χ4v) is 11.6. The number of nitrogens with one attached hydrogen (secondary N) is 6. The minimum Gasteiger partial charge on any atom is -0.381 e. The van der Waals surface area contributed by atoms with E-state index < -0.39 is 95.1 Å². The summed E-state index contributed by atoms with van der Waals surface area (Å²) in [5, 5.41) is 4.66. The van der Waals surface area contributed by atoms with Crippen molar-refractivity contribution in [3.05, 3.63) is 142 Å². The third-order valence-corrected chi connectivity index (χ3v) is 16.1. The molecule has 2 amide bonds. The Morgan fingerprint density at radius 1 is 0.662 bits per heavy atom. The number of rotatable bonds is 20. The third-order valence-electron chi connectivity index (χ3n) is 13.3. The summed E-state index contributed by atoms with van der Waals surface area (Å²) in [7, 11) is -8.40. The van der Waals surface area contributed by atoms with Crippen molar-refractivity contribution in [2.45, 2.75) is 70.9 Å². The van der Waals surface area contributed by atoms with E-state index in [1.165, 1.54) is 36.0 Å². The lowest BCUT2D eigenvalue weighted by Crippen LogP contribution is -2.21. The Balaban J connectivity index is 0.800. The number of imidazole rings is 2. The molecule has 1 saturated heterocycles. The van der Waals surface area contributed by atoms with Crippen LogP contribution in [-0.2, 0) is 43.8 Å². The van der Waals surface area contributed by atoms with Gasteiger partial charge in [-0.2, -0.15) is 13.2 Å². The molecule has 26 heteroatoms. The van der Waals surface area contributed by atoms with E-state index in [1.54, 1.807) is 6.92 Å². The number of hydrogen-bond donors (Lipinski definition) is 6. The highest BCUT2D eigenvalue weighted by Crippen LogP contribution is 2.36. The molecule has 1 unspecified atom stereocenters. The number of ether oxygens (including phenoxy) is 1. The summed E-state index contributed by atoms with van der Waals surface area (Å²) in [5.41, 5.74) is -2.11. The molecule has 80 heavy (non-hydrogen) atoms. The van der Waals surface area contributed by atoms with Gasteiger partial charge in [0, 0.05) is 24.3 Å². The molecule has 1 fully saturated rings. The Hall–Kier alpha value is -7.97. The molecule has 0 spiro atoms. The predicted octanol–water partition coefficient (Wildman–Crippen LogP) is 11.3. The predicted molar refractivity (Wildman–Crippen MR) is 287 cm³/mol. The molecule has 8 aromatic rings. The van der Waals surface area contributed by atoms with Crippen LogP contribution >= 0.6 is 0 Å². The van der Waals surface area contributed by atoms with Crippen LogP contribution in [0, 0.1) is 29.2 Å². The second-order valence-electron chi connectivity index (χ2n) is 19.2. The lowest BCUT2D eigenvalue weighted by atomic mass is 9.93. The molecule has 9 rings (SSSR count). The first-order valence-electron chi connectivity index (χ1n) is 25.3. The van der Waals surface area contributed by atoms with Gasteiger partial charge in [-0.15, -0.1) is 0 Å². The number of H-pyrrole nitrogens is 2. The normalized spacial score (nSPS) is 14.3. The molecule has 0 radical (unpaired) electrons. The highest BCUT2D eigenvalue weighted by atomic mass is 32.2. The van der Waals surface area contributed by atoms with Gasteiger partial charge in [0.25, 0.3) is 11.8 Å². The number of amides is 2. The number of benzene rings is 4. The fraction of sp³-hybridized carbons (Fsp3) is 0.296. The minimum absolute atomic E-state index is 0.00503. The molecule has 0 aliphatic carbocycles. The Morgan fingerprint density at radius 3 is 1.77 bits per heavy atom. The molecule has 4 aromatic heterocycles. The van der Waals surface area contributed by atoms with Crippen molar-refractivity contribution in [2.75, 3.05) is 44.8 Å². The molecule has 1 aliphatic rings. The lowest BCUT2D eigenvalue weighted by Gasteiger charge is -2.15. The van der Waals surface area contributed by atoms with Crippen LogP contribution in [0.4, 0.5) is 53.5 Å². The first kappa shape index (κ1) is 56.7. The van der Waals surface area contributed by atoms with E-state index in [1.807, 2.05) is 33.7 Å². The van der Waals surface area contributed by atoms with Gasteiger partial charge in [0.15, 0.2) is 22.9 Å². The number of carbonyl (C=O) groups is 2. The van der Waals surface area contributed by atoms with Crippen LogP contribution < -0.4 is 20.1 Å². The number of pyridine rings is 2. The maximum absolute atomic E-state index is 15.8. The first-order valence-corrected chi connectivity index (χ1v) is 28.6. The number of unbranched alkanes of at least 4 members (excludes halogenated alkanes) is 1. The number of fused-ring (bicyclic) bond motifs is 2. The van der Waals surface area contributed by atoms with Crippen molar-refractivity contribution in [1.82, 2.24) is 29.9 Å². The number of aromatic nitrogens is 6. The Morgan fingerprint density at radius 2 is 1.21 bits per heavy atom. The standard InChI is InChI=1S/C54H51F7N10O7S2/c1-2-23-79(74,75)70-40-18-16-38(55)44(46(40)57)52(72)65-36-27-43-51(63-29-36)69-49(67-43)34-15-14-32(37(25-34)54(59,60)61)7-3-4-24-80(76,77)71-41-19-17-39(56)45(47(41)58)53(73)64-35-26-42-50(62-28-35)68-48(66-42)33-12-10-31(11-13-33)9-8-30-6-5-21-78-22-20-30/h10-19,25-30,70-71H,2-9,20-24H2,1H3,(H,64,73)(H,65,72)(H,62,66,68)(H,63,67,69). The van der Waals surface area contributed by atoms with Crippen molar-refractivity contribution in [3.63, 3.8) is 0 Å². The molecule has 5 heterocycles. The summed E-state index contributed by atoms with van der Waals surface area (Å²) in [6.45, 7) is 3.19. The molecule has 0 bridgehead atoms. The number of aromatic amines is 2. The van der Waals surface area contributed by atoms with Crippen molar-refractivity contribution < 1.29 is 61.9 Å². The van der Waals surface area contributed by atoms with Crippen LogP contribution in [0.3, 0.4) is 0 Å². The van der Waals surface area contributed by atoms with Crippen molar-refractivity contribution in [2.24, 2.45) is 5.92 Å². The molecule has 0 saturated carbocycles. The van der Waals surface area contributed by atoms with E-state index in [0.29, 0.717) is 35.0 Å². The van der Waals surface area contributed by atoms with Crippen LogP contribution in [0.1, 0.15) is 89.3 Å². The average Bonchev–Trinajstić information content (AvgIpc) is 3.94. The highest BCUT2D eigenvalue weighted by molar-refractivity contribution is 7.92. The Kier molecular flexibility index (Phi) is 16.9. The van der Waals surface area contributed by atoms with Gasteiger partial charge in [-0.25, -0.2) is 54.3 Å². The first-order chi connectivity index (χ1) is 38.1. The number of hydrogen-bond acceptors (Lipinski definition) is 11. The van der Waals surface area contributed by atoms with Crippen LogP contribution in [0.5, 0.6) is 0 Å². The number of aryl methyl sites for hydroxylation is 2. The van der Waals surface area contributed by atoms with Crippen molar-refractivity contribution >= 4 is 76.9 Å². The van der Waals surface area contributed by atoms with Gasteiger partial charge in [0.05, 0.1) is 63.2 Å². The fourth-order valence-electron chi connectivity index (χ4n) is 9.25. The topological polar surface area (TPSA) is 243 Å². The number of alkyl halides is 3. The van der Waals surface area contributed by atoms with E-state index in [4.69, 9.17) is 4.74 Å². The van der Waals surface area contributed by atoms with Gasteiger partial charge in [0.1, 0.15) is 34.4 Å². The van der Waals surface area contributed by atoms with Gasteiger partial charge in [-0.3, -0.25) is 19.0 Å². The molecule has 1 aliphatic heterocycles. The van der Waals surface area contributed by atoms with E-state index in [-0.39, 0.29) is 70.9 Å². The number of nitrogens with zero attached hydrogens (tertiary/aromatic N) is 4. The summed E-state index contributed by atoms with van der Waals surface area (Å²) in [6.07, 6.45) is 2.41. The van der Waals surface area contributed by atoms with Crippen LogP contribution in [0.25, 0.3) is 45.1 Å². The summed E-state index contributed by atoms with van der Waals surface area (Å²) >= 11 is 0. The highest BCUT2D eigenvalue weighted by Gasteiger charge is 2.34. The van der Waals surface area contributed by atoms with Crippen molar-refractivity contribution in [3.8, 4) is 22.8 Å². The summed E-state index contributed by atoms with van der Waals surface area (Å²) < 4.78 is 165. The minimum atomic E-state index is -4.88. The van der Waals surface area contributed by atoms with Crippen LogP contribution in [0.2, 0.25) is 0 Å². The second kappa shape index (κ2) is 23.8. The maximum Gasteiger partial charge on any atom is 0.416 e. The quantitative estimate of drug-likeness (QED) is 0.0310. The van der Waals surface area contributed by atoms with Gasteiger partial charge in [-0.1, -0.05) is 43.3 Å². The van der Waals surface area contributed by atoms with Gasteiger partial charge >= 0.3 is 6.18 Å². The summed E-state index contributed by atoms with van der Waals surface area (Å²) in [5.74, 6) is -8.10. The number of anilines is 4. The largest absolute Gasteiger partial charge is 0.416 e. The molecular formula is C54H51F7N10O7S2. The number of halogens is 7. The SMILES string of the molecule is CCCS(=O)(=O)Nc1ccc(F)c(C(=O)Nc2cnc3nc(-c4ccc(CCCCS(=O)(=O)Nc5ccc(F)c(C(=O)Nc6cnc7nc(-c8ccc(CCC9CCCOCC9)cc8)[nH]c7c6)c5F)c(C(F)(F)F)c4)[nH]c3c2)c1F. The monoisotopic (exact) mass is 1150 g/mol. The smallest absolute Gasteiger partial charge is 0.381 e. The zero-order valence-electron chi connectivity index (χ0n) is 42.5. The zero-order chi connectivity index (χ0) is 56.9. The van der Waals surface area contributed by atoms with Crippen LogP contribution in [0.15, 0.2) is 91.3 Å². The maximum atomic E-state index is 15.8. The number of carbonyl (C=O) groups excluding carboxylic acids is 2. The molecule has 6 N–H and O–H groups in total. The molecular weight excluding hydrogens is 1100 g/mol. The molecule has 1 atom stereocenters. The third kappa shape index (κ3) is 13.5. The van der Waals surface area contributed by atoms with E-state index in [9.17, 15) is 44.0 Å². The van der Waals surface area contributed by atoms with E-state index in [0.717, 1.165) is 75.3 Å². The summed E-state index contributed by atoms with van der Waals surface area (Å²) in [6, 6.07) is 17.1. The van der Waals surface area contributed by atoms with Gasteiger partial charge in [0.2, 0.25) is 20.0 Å². The molecule has 4 aromatic carbocycles. The molecule has 17 nitrogen and oxygen atoms in total. The Labute approximate surface area is 453 Å². The molecule has 420 valence electrons. The average molecular weight is 1150 g/mol.